The van der Waals surface area contributed by atoms with Crippen molar-refractivity contribution in [2.24, 2.45) is 0 Å². The van der Waals surface area contributed by atoms with Crippen LogP contribution in [0.2, 0.25) is 12.1 Å². The summed E-state index contributed by atoms with van der Waals surface area (Å²) in [5, 5.41) is 0. The molecule has 0 unspecified atom stereocenters. The van der Waals surface area contributed by atoms with E-state index in [4.69, 9.17) is 0 Å². The van der Waals surface area contributed by atoms with Crippen molar-refractivity contribution in [3.05, 3.63) is 12.3 Å². The maximum atomic E-state index is 3.79. The Kier molecular flexibility index (Phi) is 1.68. The van der Waals surface area contributed by atoms with Crippen LogP contribution < -0.4 is 0 Å². The van der Waals surface area contributed by atoms with Crippen molar-refractivity contribution < 1.29 is 0 Å². The first-order chi connectivity index (χ1) is 3.43. The molecular formula is C6H11Si. The van der Waals surface area contributed by atoms with Gasteiger partial charge in [-0.3, -0.25) is 0 Å². The molecule has 7 heavy (non-hydrogen) atoms. The zero-order valence-corrected chi connectivity index (χ0v) is 5.61. The van der Waals surface area contributed by atoms with Crippen molar-refractivity contribution in [2.75, 3.05) is 0 Å². The van der Waals surface area contributed by atoms with Crippen LogP contribution in [-0.2, 0) is 0 Å². The molecule has 0 atom stereocenters. The lowest BCUT2D eigenvalue weighted by Gasteiger charge is -1.91. The molecule has 1 saturated heterocycles. The van der Waals surface area contributed by atoms with Gasteiger partial charge in [0, 0.05) is 0 Å². The van der Waals surface area contributed by atoms with Crippen molar-refractivity contribution in [1.82, 2.24) is 0 Å². The van der Waals surface area contributed by atoms with Crippen molar-refractivity contribution >= 4 is 8.80 Å². The van der Waals surface area contributed by atoms with E-state index in [9.17, 15) is 0 Å². The second kappa shape index (κ2) is 2.31. The largest absolute Gasteiger partial charge is 0.107 e. The summed E-state index contributed by atoms with van der Waals surface area (Å²) in [6.45, 7) is 3.79. The van der Waals surface area contributed by atoms with Gasteiger partial charge in [-0.2, -0.15) is 0 Å². The SMILES string of the molecule is C=C[Si]1CCCC1. The molecule has 0 spiro atoms. The highest BCUT2D eigenvalue weighted by molar-refractivity contribution is 6.64. The first kappa shape index (κ1) is 5.10. The van der Waals surface area contributed by atoms with E-state index < -0.39 is 0 Å². The van der Waals surface area contributed by atoms with E-state index in [0.717, 1.165) is 0 Å². The minimum Gasteiger partial charge on any atom is -0.107 e. The molecule has 0 amide bonds. The Bertz CT molecular complexity index is 62.6. The third-order valence-electron chi connectivity index (χ3n) is 1.53. The summed E-state index contributed by atoms with van der Waals surface area (Å²) in [7, 11) is 0.0123. The molecule has 0 N–H and O–H groups in total. The molecule has 1 heteroatoms. The smallest absolute Gasteiger partial charge is 0.0750 e. The minimum absolute atomic E-state index is 0.0123. The van der Waals surface area contributed by atoms with Crippen LogP contribution >= 0.6 is 0 Å². The topological polar surface area (TPSA) is 0 Å². The summed E-state index contributed by atoms with van der Waals surface area (Å²) >= 11 is 0. The Morgan fingerprint density at radius 2 is 1.86 bits per heavy atom. The van der Waals surface area contributed by atoms with E-state index in [1.807, 2.05) is 0 Å². The molecule has 1 fully saturated rings. The van der Waals surface area contributed by atoms with Gasteiger partial charge in [0.2, 0.25) is 0 Å². The van der Waals surface area contributed by atoms with Crippen LogP contribution in [0.4, 0.5) is 0 Å². The molecule has 0 bridgehead atoms. The Morgan fingerprint density at radius 3 is 2.14 bits per heavy atom. The van der Waals surface area contributed by atoms with Gasteiger partial charge in [-0.05, 0) is 0 Å². The van der Waals surface area contributed by atoms with Crippen LogP contribution in [0.1, 0.15) is 12.8 Å². The first-order valence-electron chi connectivity index (χ1n) is 2.90. The Balaban J connectivity index is 2.26. The molecular weight excluding hydrogens is 100 g/mol. The summed E-state index contributed by atoms with van der Waals surface area (Å²) in [6, 6.07) is 2.99. The summed E-state index contributed by atoms with van der Waals surface area (Å²) in [5.74, 6) is 0. The van der Waals surface area contributed by atoms with Gasteiger partial charge in [-0.25, -0.2) is 0 Å². The molecule has 0 saturated carbocycles. The van der Waals surface area contributed by atoms with Crippen molar-refractivity contribution in [1.29, 1.82) is 0 Å². The molecule has 39 valence electrons. The Hall–Kier alpha value is -0.0431. The fourth-order valence-corrected chi connectivity index (χ4v) is 3.10. The highest BCUT2D eigenvalue weighted by atomic mass is 28.3. The van der Waals surface area contributed by atoms with Crippen LogP contribution in [0.5, 0.6) is 0 Å². The minimum atomic E-state index is 0.0123. The number of hydrogen-bond donors (Lipinski definition) is 0. The maximum Gasteiger partial charge on any atom is 0.0750 e. The van der Waals surface area contributed by atoms with Gasteiger partial charge >= 0.3 is 0 Å². The van der Waals surface area contributed by atoms with Gasteiger partial charge in [-0.15, -0.1) is 12.3 Å². The monoisotopic (exact) mass is 111 g/mol. The molecule has 1 aliphatic rings. The zero-order valence-electron chi connectivity index (χ0n) is 4.61. The van der Waals surface area contributed by atoms with Crippen LogP contribution in [0.15, 0.2) is 12.3 Å². The fraction of sp³-hybridized carbons (Fsp3) is 0.667. The van der Waals surface area contributed by atoms with E-state index >= 15 is 0 Å². The van der Waals surface area contributed by atoms with Gasteiger partial charge in [0.1, 0.15) is 0 Å². The fourth-order valence-electron chi connectivity index (χ4n) is 1.03. The quantitative estimate of drug-likeness (QED) is 0.454. The van der Waals surface area contributed by atoms with E-state index in [0.29, 0.717) is 0 Å². The molecule has 1 rings (SSSR count). The Labute approximate surface area is 46.8 Å². The molecule has 0 aromatic carbocycles. The third-order valence-corrected chi connectivity index (χ3v) is 4.10. The normalized spacial score (nSPS) is 22.9. The molecule has 0 aromatic heterocycles. The van der Waals surface area contributed by atoms with Gasteiger partial charge in [0.25, 0.3) is 0 Å². The average Bonchev–Trinajstić information content (AvgIpc) is 2.14. The highest BCUT2D eigenvalue weighted by Gasteiger charge is 2.11. The number of rotatable bonds is 1. The van der Waals surface area contributed by atoms with Gasteiger partial charge in [0.05, 0.1) is 8.80 Å². The summed E-state index contributed by atoms with van der Waals surface area (Å²) in [5.41, 5.74) is 2.19. The van der Waals surface area contributed by atoms with E-state index in [1.165, 1.54) is 24.9 Å². The zero-order chi connectivity index (χ0) is 5.11. The molecule has 0 aliphatic carbocycles. The van der Waals surface area contributed by atoms with Crippen LogP contribution in [0.25, 0.3) is 0 Å². The second-order valence-electron chi connectivity index (χ2n) is 2.07. The lowest BCUT2D eigenvalue weighted by atomic mass is 10.4. The summed E-state index contributed by atoms with van der Waals surface area (Å²) in [4.78, 5) is 0. The van der Waals surface area contributed by atoms with Crippen molar-refractivity contribution in [3.63, 3.8) is 0 Å². The van der Waals surface area contributed by atoms with E-state index in [-0.39, 0.29) is 8.80 Å². The summed E-state index contributed by atoms with van der Waals surface area (Å²) in [6.07, 6.45) is 2.95. The molecule has 0 nitrogen and oxygen atoms in total. The lowest BCUT2D eigenvalue weighted by molar-refractivity contribution is 0.935. The van der Waals surface area contributed by atoms with Crippen molar-refractivity contribution in [2.45, 2.75) is 24.9 Å². The van der Waals surface area contributed by atoms with Crippen LogP contribution in [0, 0.1) is 0 Å². The van der Waals surface area contributed by atoms with Crippen LogP contribution in [-0.4, -0.2) is 8.80 Å². The van der Waals surface area contributed by atoms with E-state index in [1.54, 1.807) is 0 Å². The van der Waals surface area contributed by atoms with E-state index in [2.05, 4.69) is 12.3 Å². The standard InChI is InChI=1S/C6H11Si/c1-2-7-5-3-4-6-7/h2H,1,3-6H2. The van der Waals surface area contributed by atoms with Gasteiger partial charge in [0.15, 0.2) is 0 Å². The predicted molar refractivity (Wildman–Crippen MR) is 34.8 cm³/mol. The number of hydrogen-bond acceptors (Lipinski definition) is 0. The maximum absolute atomic E-state index is 3.79. The average molecular weight is 111 g/mol. The first-order valence-corrected chi connectivity index (χ1v) is 4.90. The van der Waals surface area contributed by atoms with Crippen LogP contribution in [0.3, 0.4) is 0 Å². The lowest BCUT2D eigenvalue weighted by Crippen LogP contribution is -1.98. The second-order valence-corrected chi connectivity index (χ2v) is 4.79. The highest BCUT2D eigenvalue weighted by Crippen LogP contribution is 2.18. The summed E-state index contributed by atoms with van der Waals surface area (Å²) < 4.78 is 0. The van der Waals surface area contributed by atoms with Gasteiger partial charge in [-0.1, -0.05) is 24.9 Å². The Morgan fingerprint density at radius 1 is 1.29 bits per heavy atom. The van der Waals surface area contributed by atoms with Crippen molar-refractivity contribution in [3.8, 4) is 0 Å². The molecule has 0 aromatic rings. The predicted octanol–water partition coefficient (Wildman–Crippen LogP) is 2.00. The third kappa shape index (κ3) is 1.16. The molecule has 1 radical (unpaired) electrons. The van der Waals surface area contributed by atoms with Gasteiger partial charge < -0.3 is 0 Å². The molecule has 1 aliphatic heterocycles. The molecule has 1 heterocycles.